The third-order valence-electron chi connectivity index (χ3n) is 2.83. The van der Waals surface area contributed by atoms with Gasteiger partial charge in [0.25, 0.3) is 5.69 Å². The Bertz CT molecular complexity index is 784. The lowest BCUT2D eigenvalue weighted by atomic mass is 10.2. The van der Waals surface area contributed by atoms with Gasteiger partial charge in [-0.25, -0.2) is 0 Å². The number of carbonyl (C=O) groups is 1. The summed E-state index contributed by atoms with van der Waals surface area (Å²) >= 11 is 0. The van der Waals surface area contributed by atoms with Gasteiger partial charge in [-0.3, -0.25) is 19.6 Å². The van der Waals surface area contributed by atoms with Crippen LogP contribution in [0.15, 0.2) is 36.5 Å². The Morgan fingerprint density at radius 2 is 2.14 bits per heavy atom. The first kappa shape index (κ1) is 14.9. The van der Waals surface area contributed by atoms with Crippen LogP contribution >= 0.6 is 0 Å². The van der Waals surface area contributed by atoms with Crippen molar-refractivity contribution < 1.29 is 9.72 Å². The summed E-state index contributed by atoms with van der Waals surface area (Å²) in [4.78, 5) is 21.9. The first-order valence-electron chi connectivity index (χ1n) is 6.17. The number of carbonyl (C=O) groups excluding carboxylic acids is 1. The van der Waals surface area contributed by atoms with Crippen LogP contribution in [0, 0.1) is 21.4 Å². The number of nitrogens with one attached hydrogen (secondary N) is 1. The van der Waals surface area contributed by atoms with E-state index in [1.54, 1.807) is 7.05 Å². The smallest absolute Gasteiger partial charge is 0.269 e. The largest absolute Gasteiger partial charge is 0.306 e. The monoisotopic (exact) mass is 297 g/mol. The summed E-state index contributed by atoms with van der Waals surface area (Å²) in [5, 5.41) is 25.9. The molecule has 0 atom stereocenters. The van der Waals surface area contributed by atoms with Gasteiger partial charge >= 0.3 is 0 Å². The Balaban J connectivity index is 2.07. The Hall–Kier alpha value is -3.47. The van der Waals surface area contributed by atoms with E-state index in [1.165, 1.54) is 47.3 Å². The zero-order valence-corrected chi connectivity index (χ0v) is 11.6. The van der Waals surface area contributed by atoms with Gasteiger partial charge in [-0.05, 0) is 23.8 Å². The molecule has 0 unspecified atom stereocenters. The van der Waals surface area contributed by atoms with Crippen LogP contribution in [0.1, 0.15) is 11.1 Å². The second-order valence-electron chi connectivity index (χ2n) is 4.31. The normalized spacial score (nSPS) is 10.4. The number of hydrogen-bond acceptors (Lipinski definition) is 5. The van der Waals surface area contributed by atoms with E-state index in [-0.39, 0.29) is 11.3 Å². The molecule has 0 radical (unpaired) electrons. The van der Waals surface area contributed by atoms with E-state index in [0.29, 0.717) is 11.4 Å². The molecule has 0 aliphatic carbocycles. The summed E-state index contributed by atoms with van der Waals surface area (Å²) in [5.74, 6) is -0.126. The third kappa shape index (κ3) is 3.34. The van der Waals surface area contributed by atoms with Crippen molar-refractivity contribution in [3.05, 3.63) is 57.8 Å². The second kappa shape index (κ2) is 6.32. The predicted octanol–water partition coefficient (Wildman–Crippen LogP) is 1.85. The lowest BCUT2D eigenvalue weighted by Gasteiger charge is -2.02. The summed E-state index contributed by atoms with van der Waals surface area (Å²) in [6.45, 7) is 0. The number of non-ortho nitro benzene ring substituents is 1. The number of hydrogen-bond donors (Lipinski definition) is 1. The van der Waals surface area contributed by atoms with Gasteiger partial charge in [0.15, 0.2) is 0 Å². The zero-order valence-electron chi connectivity index (χ0n) is 11.6. The minimum absolute atomic E-state index is 0.0184. The Labute approximate surface area is 125 Å². The number of nitrogens with zero attached hydrogens (tertiary/aromatic N) is 4. The highest BCUT2D eigenvalue weighted by Gasteiger charge is 2.09. The summed E-state index contributed by atoms with van der Waals surface area (Å²) in [6.07, 6.45) is 4.15. The number of aromatic nitrogens is 2. The van der Waals surface area contributed by atoms with Crippen LogP contribution < -0.4 is 5.32 Å². The van der Waals surface area contributed by atoms with Crippen molar-refractivity contribution in [1.82, 2.24) is 9.78 Å². The van der Waals surface area contributed by atoms with Crippen molar-refractivity contribution in [2.45, 2.75) is 0 Å². The summed E-state index contributed by atoms with van der Waals surface area (Å²) in [5.41, 5.74) is 0.890. The molecule has 2 rings (SSSR count). The third-order valence-corrected chi connectivity index (χ3v) is 2.83. The number of nitriles is 1. The van der Waals surface area contributed by atoms with Gasteiger partial charge in [0.1, 0.15) is 17.5 Å². The van der Waals surface area contributed by atoms with E-state index in [0.717, 1.165) is 0 Å². The molecule has 22 heavy (non-hydrogen) atoms. The first-order chi connectivity index (χ1) is 10.5. The number of benzene rings is 1. The van der Waals surface area contributed by atoms with Crippen LogP contribution in [0.3, 0.4) is 0 Å². The topological polar surface area (TPSA) is 114 Å². The summed E-state index contributed by atoms with van der Waals surface area (Å²) < 4.78 is 1.39. The number of amides is 1. The quantitative estimate of drug-likeness (QED) is 0.525. The van der Waals surface area contributed by atoms with Crippen molar-refractivity contribution in [1.29, 1.82) is 5.26 Å². The molecular formula is C14H11N5O3. The van der Waals surface area contributed by atoms with Crippen molar-refractivity contribution in [3.63, 3.8) is 0 Å². The van der Waals surface area contributed by atoms with Gasteiger partial charge in [-0.1, -0.05) is 0 Å². The Morgan fingerprint density at radius 1 is 1.45 bits per heavy atom. The molecule has 1 aromatic heterocycles. The van der Waals surface area contributed by atoms with Crippen LogP contribution in [0.5, 0.6) is 0 Å². The minimum Gasteiger partial charge on any atom is -0.306 e. The Morgan fingerprint density at radius 3 is 2.73 bits per heavy atom. The molecule has 0 fully saturated rings. The highest BCUT2D eigenvalue weighted by atomic mass is 16.6. The van der Waals surface area contributed by atoms with Crippen molar-refractivity contribution in [2.75, 3.05) is 5.32 Å². The molecule has 0 saturated heterocycles. The predicted molar refractivity (Wildman–Crippen MR) is 78.7 cm³/mol. The highest BCUT2D eigenvalue weighted by molar-refractivity contribution is 6.02. The van der Waals surface area contributed by atoms with Gasteiger partial charge in [-0.2, -0.15) is 10.4 Å². The van der Waals surface area contributed by atoms with E-state index in [9.17, 15) is 14.9 Å². The van der Waals surface area contributed by atoms with Gasteiger partial charge in [0, 0.05) is 25.3 Å². The molecule has 1 N–H and O–H groups in total. The van der Waals surface area contributed by atoms with Gasteiger partial charge in [-0.15, -0.1) is 0 Å². The summed E-state index contributed by atoms with van der Waals surface area (Å²) in [6, 6.07) is 7.70. The molecule has 0 aliphatic heterocycles. The number of nitro benzene ring substituents is 1. The van der Waals surface area contributed by atoms with E-state index in [2.05, 4.69) is 10.4 Å². The molecule has 2 aromatic rings. The van der Waals surface area contributed by atoms with Crippen LogP contribution in [-0.4, -0.2) is 20.6 Å². The average molecular weight is 297 g/mol. The molecule has 0 aliphatic rings. The van der Waals surface area contributed by atoms with Crippen LogP contribution in [0.4, 0.5) is 11.5 Å². The fraction of sp³-hybridized carbons (Fsp3) is 0.0714. The van der Waals surface area contributed by atoms with E-state index < -0.39 is 10.8 Å². The van der Waals surface area contributed by atoms with E-state index in [1.807, 2.05) is 6.07 Å². The molecule has 0 spiro atoms. The van der Waals surface area contributed by atoms with Crippen molar-refractivity contribution in [2.24, 2.45) is 7.05 Å². The standard InChI is InChI=1S/C14H11N5O3/c1-18-14(11(8-15)9-16-18)17-13(20)7-4-10-2-5-12(6-3-10)19(21)22/h2-7,9H,1H3,(H,17,20)/b7-4+. The molecule has 0 saturated carbocycles. The van der Waals surface area contributed by atoms with Gasteiger partial charge in [0.2, 0.25) is 5.91 Å². The van der Waals surface area contributed by atoms with Crippen LogP contribution in [0.25, 0.3) is 6.08 Å². The minimum atomic E-state index is -0.494. The molecule has 1 amide bonds. The van der Waals surface area contributed by atoms with Crippen LogP contribution in [0.2, 0.25) is 0 Å². The Kier molecular flexibility index (Phi) is 4.29. The fourth-order valence-corrected chi connectivity index (χ4v) is 1.71. The average Bonchev–Trinajstić information content (AvgIpc) is 2.86. The number of rotatable bonds is 4. The maximum Gasteiger partial charge on any atom is 0.269 e. The number of aryl methyl sites for hydroxylation is 1. The van der Waals surface area contributed by atoms with E-state index >= 15 is 0 Å². The molecule has 8 heteroatoms. The molecule has 1 heterocycles. The molecule has 1 aromatic carbocycles. The highest BCUT2D eigenvalue weighted by Crippen LogP contribution is 2.14. The first-order valence-corrected chi connectivity index (χ1v) is 6.17. The lowest BCUT2D eigenvalue weighted by Crippen LogP contribution is -2.12. The number of nitro groups is 1. The SMILES string of the molecule is Cn1ncc(C#N)c1NC(=O)/C=C/c1ccc([N+](=O)[O-])cc1. The molecule has 0 bridgehead atoms. The van der Waals surface area contributed by atoms with Gasteiger partial charge < -0.3 is 5.32 Å². The van der Waals surface area contributed by atoms with Crippen LogP contribution in [-0.2, 0) is 11.8 Å². The van der Waals surface area contributed by atoms with Gasteiger partial charge in [0.05, 0.1) is 11.1 Å². The molecular weight excluding hydrogens is 286 g/mol. The zero-order chi connectivity index (χ0) is 16.1. The summed E-state index contributed by atoms with van der Waals surface area (Å²) in [7, 11) is 1.61. The second-order valence-corrected chi connectivity index (χ2v) is 4.31. The fourth-order valence-electron chi connectivity index (χ4n) is 1.71. The van der Waals surface area contributed by atoms with Crippen molar-refractivity contribution >= 4 is 23.5 Å². The maximum atomic E-state index is 11.8. The van der Waals surface area contributed by atoms with E-state index in [4.69, 9.17) is 5.26 Å². The van der Waals surface area contributed by atoms with Crippen molar-refractivity contribution in [3.8, 4) is 6.07 Å². The lowest BCUT2D eigenvalue weighted by molar-refractivity contribution is -0.384. The molecule has 110 valence electrons. The maximum absolute atomic E-state index is 11.8. The molecule has 8 nitrogen and oxygen atoms in total. The number of anilines is 1.